The molecule has 1 N–H and O–H groups in total. The van der Waals surface area contributed by atoms with E-state index in [2.05, 4.69) is 29.2 Å². The summed E-state index contributed by atoms with van der Waals surface area (Å²) in [5.41, 5.74) is 2.42. The highest BCUT2D eigenvalue weighted by atomic mass is 35.5. The number of fused-ring (bicyclic) bond motifs is 2. The molecule has 0 unspecified atom stereocenters. The minimum Gasteiger partial charge on any atom is -0.492 e. The number of carbonyl (C=O) groups is 1. The van der Waals surface area contributed by atoms with Crippen molar-refractivity contribution >= 4 is 34.2 Å². The monoisotopic (exact) mass is 370 g/mol. The molecule has 1 aliphatic rings. The number of hydrogen-bond donors (Lipinski definition) is 1. The van der Waals surface area contributed by atoms with Crippen LogP contribution in [0.4, 0.5) is 5.69 Å². The quantitative estimate of drug-likeness (QED) is 0.760. The van der Waals surface area contributed by atoms with Gasteiger partial charge in [0.25, 0.3) is 0 Å². The van der Waals surface area contributed by atoms with E-state index < -0.39 is 0 Å². The van der Waals surface area contributed by atoms with E-state index in [1.807, 2.05) is 22.9 Å². The average molecular weight is 371 g/mol. The molecule has 1 atom stereocenters. The molecule has 3 aromatic rings. The van der Waals surface area contributed by atoms with Gasteiger partial charge in [-0.3, -0.25) is 4.79 Å². The summed E-state index contributed by atoms with van der Waals surface area (Å²) in [5.74, 6) is 0.436. The topological polar surface area (TPSA) is 69.0 Å². The molecular weight excluding hydrogens is 352 g/mol. The van der Waals surface area contributed by atoms with Crippen molar-refractivity contribution in [3.8, 4) is 5.75 Å². The highest BCUT2D eigenvalue weighted by molar-refractivity contribution is 6.30. The van der Waals surface area contributed by atoms with Gasteiger partial charge >= 0.3 is 0 Å². The molecule has 0 spiro atoms. The smallest absolute Gasteiger partial charge is 0.231 e. The molecule has 0 saturated carbocycles. The summed E-state index contributed by atoms with van der Waals surface area (Å²) in [6.07, 6.45) is 4.03. The number of carbonyl (C=O) groups excluding carboxylic acids is 1. The largest absolute Gasteiger partial charge is 0.492 e. The van der Waals surface area contributed by atoms with Crippen molar-refractivity contribution in [1.82, 2.24) is 14.8 Å². The number of amides is 1. The van der Waals surface area contributed by atoms with Gasteiger partial charge in [-0.25, -0.2) is 9.67 Å². The van der Waals surface area contributed by atoms with Gasteiger partial charge in [0.1, 0.15) is 12.4 Å². The molecule has 0 bridgehead atoms. The molecule has 1 aromatic carbocycles. The van der Waals surface area contributed by atoms with Crippen LogP contribution in [-0.2, 0) is 11.2 Å². The molecule has 26 heavy (non-hydrogen) atoms. The Morgan fingerprint density at radius 3 is 3.00 bits per heavy atom. The van der Waals surface area contributed by atoms with E-state index in [9.17, 15) is 4.79 Å². The third-order valence-electron chi connectivity index (χ3n) is 4.49. The lowest BCUT2D eigenvalue weighted by molar-refractivity contribution is -0.121. The van der Waals surface area contributed by atoms with E-state index in [0.717, 1.165) is 22.3 Å². The molecule has 4 rings (SSSR count). The van der Waals surface area contributed by atoms with Crippen molar-refractivity contribution in [2.75, 3.05) is 11.9 Å². The lowest BCUT2D eigenvalue weighted by Gasteiger charge is -2.24. The molecule has 6 nitrogen and oxygen atoms in total. The number of rotatable bonds is 3. The highest BCUT2D eigenvalue weighted by Crippen LogP contribution is 2.30. The number of pyridine rings is 1. The van der Waals surface area contributed by atoms with Crippen molar-refractivity contribution in [2.24, 2.45) is 5.92 Å². The molecule has 3 heterocycles. The van der Waals surface area contributed by atoms with Gasteiger partial charge in [-0.15, -0.1) is 0 Å². The third-order valence-corrected chi connectivity index (χ3v) is 4.72. The van der Waals surface area contributed by atoms with Crippen LogP contribution in [0.2, 0.25) is 5.02 Å². The van der Waals surface area contributed by atoms with Crippen LogP contribution in [-0.4, -0.2) is 27.3 Å². The first kappa shape index (κ1) is 16.8. The average Bonchev–Trinajstić information content (AvgIpc) is 3.04. The Kier molecular flexibility index (Phi) is 4.28. The lowest BCUT2D eigenvalue weighted by atomic mass is 9.96. The Morgan fingerprint density at radius 2 is 2.19 bits per heavy atom. The van der Waals surface area contributed by atoms with Crippen LogP contribution in [0.3, 0.4) is 0 Å². The van der Waals surface area contributed by atoms with Crippen molar-refractivity contribution in [1.29, 1.82) is 0 Å². The first-order chi connectivity index (χ1) is 12.5. The molecule has 1 amide bonds. The SMILES string of the molecule is CC(C)n1ncc2cc(NC(=O)[C@H]3COc4ccc(Cl)cc4C3)cnc21. The molecule has 1 aliphatic heterocycles. The molecule has 0 fully saturated rings. The molecule has 0 aliphatic carbocycles. The van der Waals surface area contributed by atoms with E-state index in [0.29, 0.717) is 23.7 Å². The lowest BCUT2D eigenvalue weighted by Crippen LogP contribution is -2.32. The van der Waals surface area contributed by atoms with Gasteiger partial charge in [-0.05, 0) is 50.1 Å². The molecule has 0 radical (unpaired) electrons. The third kappa shape index (κ3) is 3.12. The van der Waals surface area contributed by atoms with E-state index in [1.165, 1.54) is 0 Å². The number of nitrogens with zero attached hydrogens (tertiary/aromatic N) is 3. The summed E-state index contributed by atoms with van der Waals surface area (Å²) in [7, 11) is 0. The summed E-state index contributed by atoms with van der Waals surface area (Å²) in [6.45, 7) is 4.45. The molecule has 7 heteroatoms. The van der Waals surface area contributed by atoms with E-state index in [1.54, 1.807) is 18.5 Å². The fourth-order valence-electron chi connectivity index (χ4n) is 3.16. The predicted molar refractivity (Wildman–Crippen MR) is 101 cm³/mol. The van der Waals surface area contributed by atoms with Crippen LogP contribution in [0, 0.1) is 5.92 Å². The second-order valence-electron chi connectivity index (χ2n) is 6.77. The van der Waals surface area contributed by atoms with Crippen LogP contribution < -0.4 is 10.1 Å². The second-order valence-corrected chi connectivity index (χ2v) is 7.21. The first-order valence-corrected chi connectivity index (χ1v) is 8.94. The fraction of sp³-hybridized carbons (Fsp3) is 0.316. The van der Waals surface area contributed by atoms with Crippen LogP contribution in [0.5, 0.6) is 5.75 Å². The van der Waals surface area contributed by atoms with Gasteiger partial charge in [0.15, 0.2) is 5.65 Å². The summed E-state index contributed by atoms with van der Waals surface area (Å²) >= 11 is 6.04. The number of aromatic nitrogens is 3. The van der Waals surface area contributed by atoms with Crippen LogP contribution in [0.25, 0.3) is 11.0 Å². The fourth-order valence-corrected chi connectivity index (χ4v) is 3.36. The minimum absolute atomic E-state index is 0.0898. The summed E-state index contributed by atoms with van der Waals surface area (Å²) < 4.78 is 7.56. The minimum atomic E-state index is -0.268. The number of anilines is 1. The first-order valence-electron chi connectivity index (χ1n) is 8.56. The van der Waals surface area contributed by atoms with Gasteiger partial charge in [0, 0.05) is 16.5 Å². The molecular formula is C19H19ClN4O2. The number of halogens is 1. The van der Waals surface area contributed by atoms with Crippen molar-refractivity contribution in [2.45, 2.75) is 26.3 Å². The Bertz CT molecular complexity index is 983. The number of ether oxygens (including phenoxy) is 1. The zero-order chi connectivity index (χ0) is 18.3. The normalized spacial score (nSPS) is 16.4. The van der Waals surface area contributed by atoms with Crippen molar-refractivity contribution < 1.29 is 9.53 Å². The van der Waals surface area contributed by atoms with E-state index in [-0.39, 0.29) is 17.9 Å². The predicted octanol–water partition coefficient (Wildman–Crippen LogP) is 3.86. The number of nitrogens with one attached hydrogen (secondary N) is 1. The van der Waals surface area contributed by atoms with Gasteiger partial charge in [-0.2, -0.15) is 5.10 Å². The van der Waals surface area contributed by atoms with Gasteiger partial charge in [0.2, 0.25) is 5.91 Å². The summed E-state index contributed by atoms with van der Waals surface area (Å²) in [6, 6.07) is 7.60. The van der Waals surface area contributed by atoms with E-state index >= 15 is 0 Å². The van der Waals surface area contributed by atoms with Gasteiger partial charge in [0.05, 0.1) is 24.0 Å². The molecule has 2 aromatic heterocycles. The van der Waals surface area contributed by atoms with Gasteiger partial charge in [-0.1, -0.05) is 11.6 Å². The zero-order valence-corrected chi connectivity index (χ0v) is 15.3. The van der Waals surface area contributed by atoms with Crippen LogP contribution >= 0.6 is 11.6 Å². The van der Waals surface area contributed by atoms with Crippen LogP contribution in [0.1, 0.15) is 25.5 Å². The zero-order valence-electron chi connectivity index (χ0n) is 14.6. The Balaban J connectivity index is 1.51. The van der Waals surface area contributed by atoms with Crippen molar-refractivity contribution in [3.63, 3.8) is 0 Å². The second kappa shape index (κ2) is 6.61. The van der Waals surface area contributed by atoms with Crippen LogP contribution in [0.15, 0.2) is 36.7 Å². The summed E-state index contributed by atoms with van der Waals surface area (Å²) in [5, 5.41) is 8.82. The summed E-state index contributed by atoms with van der Waals surface area (Å²) in [4.78, 5) is 17.1. The molecule has 0 saturated heterocycles. The Morgan fingerprint density at radius 1 is 1.35 bits per heavy atom. The van der Waals surface area contributed by atoms with Gasteiger partial charge < -0.3 is 10.1 Å². The number of hydrogen-bond acceptors (Lipinski definition) is 4. The Labute approximate surface area is 156 Å². The number of benzene rings is 1. The highest BCUT2D eigenvalue weighted by Gasteiger charge is 2.26. The maximum Gasteiger partial charge on any atom is 0.231 e. The standard InChI is InChI=1S/C19H19ClN4O2/c1-11(2)24-18-13(8-22-24)7-16(9-21-18)23-19(25)14-5-12-6-15(20)3-4-17(12)26-10-14/h3-4,6-9,11,14H,5,10H2,1-2H3,(H,23,25)/t14-/m1/s1. The maximum atomic E-state index is 12.6. The Hall–Kier alpha value is -2.60. The van der Waals surface area contributed by atoms with E-state index in [4.69, 9.17) is 16.3 Å². The molecule has 134 valence electrons. The maximum absolute atomic E-state index is 12.6. The van der Waals surface area contributed by atoms with Crippen molar-refractivity contribution in [3.05, 3.63) is 47.2 Å².